The fourth-order valence-electron chi connectivity index (χ4n) is 4.65. The van der Waals surface area contributed by atoms with Gasteiger partial charge in [0, 0.05) is 17.8 Å². The van der Waals surface area contributed by atoms with E-state index in [4.69, 9.17) is 14.6 Å². The minimum absolute atomic E-state index is 0.0741. The Morgan fingerprint density at radius 3 is 2.31 bits per heavy atom. The quantitative estimate of drug-likeness (QED) is 0.471. The van der Waals surface area contributed by atoms with Crippen LogP contribution in [0.1, 0.15) is 57.2 Å². The van der Waals surface area contributed by atoms with E-state index in [0.29, 0.717) is 24.9 Å². The molecule has 2 aromatic carbocycles. The zero-order chi connectivity index (χ0) is 25.0. The molecule has 1 fully saturated rings. The second-order valence-electron chi connectivity index (χ2n) is 10.2. The Hall–Kier alpha value is -3.19. The predicted molar refractivity (Wildman–Crippen MR) is 137 cm³/mol. The summed E-state index contributed by atoms with van der Waals surface area (Å²) in [5, 5.41) is 6.53. The summed E-state index contributed by atoms with van der Waals surface area (Å²) in [4.78, 5) is 27.6. The minimum Gasteiger partial charge on any atom is -0.497 e. The molecule has 0 amide bonds. The number of hydrogen-bond acceptors (Lipinski definition) is 6. The maximum Gasteiger partial charge on any atom is 0.307 e. The normalized spacial score (nSPS) is 15.3. The van der Waals surface area contributed by atoms with E-state index in [1.165, 1.54) is 0 Å². The van der Waals surface area contributed by atoms with Crippen LogP contribution < -0.4 is 10.3 Å². The zero-order valence-corrected chi connectivity index (χ0v) is 21.1. The van der Waals surface area contributed by atoms with Gasteiger partial charge in [-0.2, -0.15) is 5.10 Å². The third-order valence-corrected chi connectivity index (χ3v) is 6.41. The number of carbonyl (C=O) groups excluding carboxylic acids is 1. The van der Waals surface area contributed by atoms with Gasteiger partial charge in [-0.1, -0.05) is 30.3 Å². The molecule has 7 heteroatoms. The fourth-order valence-corrected chi connectivity index (χ4v) is 4.65. The van der Waals surface area contributed by atoms with E-state index < -0.39 is 5.60 Å². The molecule has 0 N–H and O–H groups in total. The summed E-state index contributed by atoms with van der Waals surface area (Å²) in [6, 6.07) is 15.5. The number of rotatable bonds is 7. The summed E-state index contributed by atoms with van der Waals surface area (Å²) in [7, 11) is 1.64. The number of nitrogens with zero attached hydrogens (tertiary/aromatic N) is 3. The Morgan fingerprint density at radius 1 is 1.03 bits per heavy atom. The van der Waals surface area contributed by atoms with E-state index >= 15 is 0 Å². The molecule has 0 spiro atoms. The molecule has 0 unspecified atom stereocenters. The van der Waals surface area contributed by atoms with Crippen molar-refractivity contribution in [3.8, 4) is 5.75 Å². The van der Waals surface area contributed by atoms with Crippen molar-refractivity contribution in [2.45, 2.75) is 58.1 Å². The van der Waals surface area contributed by atoms with Crippen LogP contribution in [-0.2, 0) is 16.1 Å². The predicted octanol–water partition coefficient (Wildman–Crippen LogP) is 4.36. The summed E-state index contributed by atoms with van der Waals surface area (Å²) in [6.07, 6.45) is 2.27. The van der Waals surface area contributed by atoms with Crippen molar-refractivity contribution in [1.82, 2.24) is 14.7 Å². The number of aromatic nitrogens is 2. The number of likely N-dealkylation sites (tertiary alicyclic amines) is 1. The van der Waals surface area contributed by atoms with Gasteiger partial charge >= 0.3 is 5.97 Å². The van der Waals surface area contributed by atoms with Crippen molar-refractivity contribution in [3.63, 3.8) is 0 Å². The van der Waals surface area contributed by atoms with Gasteiger partial charge in [0.05, 0.1) is 31.2 Å². The first-order valence-corrected chi connectivity index (χ1v) is 12.3. The number of hydrogen-bond donors (Lipinski definition) is 0. The maximum absolute atomic E-state index is 13.2. The zero-order valence-electron chi connectivity index (χ0n) is 21.1. The van der Waals surface area contributed by atoms with Crippen molar-refractivity contribution >= 4 is 16.7 Å². The molecule has 0 saturated carbocycles. The second-order valence-corrected chi connectivity index (χ2v) is 10.2. The Bertz CT molecular complexity index is 1220. The smallest absolute Gasteiger partial charge is 0.307 e. The molecule has 1 aromatic heterocycles. The second kappa shape index (κ2) is 10.6. The van der Waals surface area contributed by atoms with Crippen LogP contribution >= 0.6 is 0 Å². The summed E-state index contributed by atoms with van der Waals surface area (Å²) < 4.78 is 12.3. The van der Waals surface area contributed by atoms with Gasteiger partial charge in [-0.05, 0) is 70.5 Å². The highest BCUT2D eigenvalue weighted by Crippen LogP contribution is 2.31. The Balaban J connectivity index is 1.49. The molecule has 35 heavy (non-hydrogen) atoms. The Labute approximate surface area is 206 Å². The highest BCUT2D eigenvalue weighted by atomic mass is 16.6. The van der Waals surface area contributed by atoms with Crippen LogP contribution in [-0.4, -0.2) is 53.0 Å². The molecule has 0 bridgehead atoms. The molecule has 186 valence electrons. The third kappa shape index (κ3) is 6.28. The molecule has 0 aliphatic carbocycles. The Morgan fingerprint density at radius 2 is 1.69 bits per heavy atom. The van der Waals surface area contributed by atoms with E-state index in [0.717, 1.165) is 48.3 Å². The topological polar surface area (TPSA) is 73.7 Å². The largest absolute Gasteiger partial charge is 0.497 e. The number of esters is 1. The van der Waals surface area contributed by atoms with Crippen molar-refractivity contribution in [2.24, 2.45) is 0 Å². The van der Waals surface area contributed by atoms with Gasteiger partial charge in [0.15, 0.2) is 0 Å². The molecule has 3 aromatic rings. The Kier molecular flexibility index (Phi) is 7.55. The number of methoxy groups -OCH3 is 1. The number of benzene rings is 2. The van der Waals surface area contributed by atoms with Crippen LogP contribution in [0.2, 0.25) is 0 Å². The maximum atomic E-state index is 13.2. The monoisotopic (exact) mass is 477 g/mol. The summed E-state index contributed by atoms with van der Waals surface area (Å²) in [6.45, 7) is 8.57. The van der Waals surface area contributed by atoms with Crippen molar-refractivity contribution in [1.29, 1.82) is 0 Å². The van der Waals surface area contributed by atoms with Crippen molar-refractivity contribution in [2.75, 3.05) is 26.7 Å². The lowest BCUT2D eigenvalue weighted by Crippen LogP contribution is -2.36. The summed E-state index contributed by atoms with van der Waals surface area (Å²) in [5.74, 6) is 0.893. The average molecular weight is 478 g/mol. The molecule has 1 aliphatic rings. The SMILES string of the molecule is COc1ccc(Cn2nc(C3CCN(CCC(=O)OC(C)(C)C)CC3)c3ccccc3c2=O)cc1. The van der Waals surface area contributed by atoms with Crippen LogP contribution in [0.25, 0.3) is 10.8 Å². The highest BCUT2D eigenvalue weighted by molar-refractivity contribution is 5.84. The molecule has 4 rings (SSSR count). The van der Waals surface area contributed by atoms with E-state index in [2.05, 4.69) is 4.90 Å². The van der Waals surface area contributed by atoms with Crippen LogP contribution in [0.3, 0.4) is 0 Å². The van der Waals surface area contributed by atoms with Gasteiger partial charge < -0.3 is 14.4 Å². The van der Waals surface area contributed by atoms with Gasteiger partial charge in [-0.25, -0.2) is 4.68 Å². The number of piperidine rings is 1. The van der Waals surface area contributed by atoms with Gasteiger partial charge in [-0.3, -0.25) is 9.59 Å². The summed E-state index contributed by atoms with van der Waals surface area (Å²) in [5.41, 5.74) is 1.46. The molecular weight excluding hydrogens is 442 g/mol. The lowest BCUT2D eigenvalue weighted by atomic mass is 9.90. The first-order chi connectivity index (χ1) is 16.7. The molecular formula is C28H35N3O4. The fraction of sp³-hybridized carbons (Fsp3) is 0.464. The lowest BCUT2D eigenvalue weighted by molar-refractivity contribution is -0.155. The minimum atomic E-state index is -0.453. The van der Waals surface area contributed by atoms with Gasteiger partial charge in [0.2, 0.25) is 0 Å². The molecule has 1 saturated heterocycles. The van der Waals surface area contributed by atoms with Crippen LogP contribution in [0, 0.1) is 0 Å². The van der Waals surface area contributed by atoms with E-state index in [1.807, 2.05) is 69.3 Å². The van der Waals surface area contributed by atoms with Gasteiger partial charge in [0.1, 0.15) is 11.4 Å². The standard InChI is InChI=1S/C28H35N3O4/c1-28(2,3)35-25(32)15-18-30-16-13-21(14-17-30)26-23-7-5-6-8-24(23)27(33)31(29-26)19-20-9-11-22(34-4)12-10-20/h5-12,21H,13-19H2,1-4H3. The van der Waals surface area contributed by atoms with E-state index in [9.17, 15) is 9.59 Å². The third-order valence-electron chi connectivity index (χ3n) is 6.41. The molecule has 0 radical (unpaired) electrons. The van der Waals surface area contributed by atoms with Crippen molar-refractivity contribution in [3.05, 3.63) is 70.1 Å². The van der Waals surface area contributed by atoms with Crippen molar-refractivity contribution < 1.29 is 14.3 Å². The molecule has 2 heterocycles. The first kappa shape index (κ1) is 24.9. The number of ether oxygens (including phenoxy) is 2. The summed E-state index contributed by atoms with van der Waals surface area (Å²) >= 11 is 0. The van der Waals surface area contributed by atoms with Crippen LogP contribution in [0.4, 0.5) is 0 Å². The number of carbonyl (C=O) groups is 1. The van der Waals surface area contributed by atoms with E-state index in [-0.39, 0.29) is 17.4 Å². The first-order valence-electron chi connectivity index (χ1n) is 12.3. The van der Waals surface area contributed by atoms with Gasteiger partial charge in [-0.15, -0.1) is 0 Å². The lowest BCUT2D eigenvalue weighted by Gasteiger charge is -2.32. The molecule has 0 atom stereocenters. The highest BCUT2D eigenvalue weighted by Gasteiger charge is 2.25. The van der Waals surface area contributed by atoms with Crippen LogP contribution in [0.5, 0.6) is 5.75 Å². The van der Waals surface area contributed by atoms with Gasteiger partial charge in [0.25, 0.3) is 5.56 Å². The number of fused-ring (bicyclic) bond motifs is 1. The molecule has 1 aliphatic heterocycles. The van der Waals surface area contributed by atoms with E-state index in [1.54, 1.807) is 11.8 Å². The van der Waals surface area contributed by atoms with Crippen LogP contribution in [0.15, 0.2) is 53.3 Å². The molecule has 7 nitrogen and oxygen atoms in total. The average Bonchev–Trinajstić information content (AvgIpc) is 2.84.